The zero-order valence-corrected chi connectivity index (χ0v) is 20.6. The number of hydrogen-bond acceptors (Lipinski definition) is 6. The number of likely N-dealkylation sites (tertiary alicyclic amines) is 1. The number of nitrogens with zero attached hydrogens (tertiary/aromatic N) is 4. The Morgan fingerprint density at radius 3 is 2.65 bits per heavy atom. The van der Waals surface area contributed by atoms with E-state index in [1.165, 1.54) is 0 Å². The van der Waals surface area contributed by atoms with E-state index in [4.69, 9.17) is 10.7 Å². The largest absolute Gasteiger partial charge is 0.324 e. The molecule has 0 unspecified atom stereocenters. The molecule has 37 heavy (non-hydrogen) atoms. The summed E-state index contributed by atoms with van der Waals surface area (Å²) in [5.74, 6) is 0.0605. The number of carbonyl (C=O) groups excluding carboxylic acids is 1. The quantitative estimate of drug-likeness (QED) is 0.404. The maximum absolute atomic E-state index is 13.9. The highest BCUT2D eigenvalue weighted by Gasteiger charge is 2.26. The normalized spacial score (nSPS) is 17.9. The lowest BCUT2D eigenvalue weighted by molar-refractivity contribution is 0.102. The summed E-state index contributed by atoms with van der Waals surface area (Å²) < 4.78 is 13.9. The average molecular weight is 497 g/mol. The highest BCUT2D eigenvalue weighted by atomic mass is 19.1. The fourth-order valence-electron chi connectivity index (χ4n) is 4.48. The maximum Gasteiger partial charge on any atom is 0.275 e. The predicted octanol–water partition coefficient (Wildman–Crippen LogP) is 4.64. The van der Waals surface area contributed by atoms with Gasteiger partial charge in [-0.2, -0.15) is 0 Å². The standard InChI is InChI=1S/C29H29FN6O/c1-19-7-8-23(16-33-19)26-13-20(17-36-12-10-24(30)25(31)18-36)14-28(34-26)35-29(37)27-15-22(9-11-32-27)21-5-3-2-4-6-21/h2-9,11,13-16,24-25H,10,12,17-18,31H2,1H3,(H,34,35,37)/t24-,25-/m1/s1. The number of alkyl halides is 1. The van der Waals surface area contributed by atoms with Crippen LogP contribution in [0.2, 0.25) is 0 Å². The lowest BCUT2D eigenvalue weighted by atomic mass is 10.0. The molecule has 1 aliphatic rings. The van der Waals surface area contributed by atoms with E-state index in [-0.39, 0.29) is 5.91 Å². The smallest absolute Gasteiger partial charge is 0.275 e. The van der Waals surface area contributed by atoms with Crippen LogP contribution in [0.25, 0.3) is 22.4 Å². The summed E-state index contributed by atoms with van der Waals surface area (Å²) in [6.45, 7) is 3.59. The molecular formula is C29H29FN6O. The molecule has 4 heterocycles. The predicted molar refractivity (Wildman–Crippen MR) is 143 cm³/mol. The third-order valence-corrected chi connectivity index (χ3v) is 6.49. The minimum atomic E-state index is -0.975. The lowest BCUT2D eigenvalue weighted by Gasteiger charge is -2.33. The zero-order chi connectivity index (χ0) is 25.8. The van der Waals surface area contributed by atoms with Crippen LogP contribution < -0.4 is 11.1 Å². The van der Waals surface area contributed by atoms with Gasteiger partial charge in [0.05, 0.1) is 5.69 Å². The molecule has 7 nitrogen and oxygen atoms in total. The molecule has 2 atom stereocenters. The van der Waals surface area contributed by atoms with E-state index < -0.39 is 12.2 Å². The maximum atomic E-state index is 13.9. The van der Waals surface area contributed by atoms with Crippen LogP contribution in [0, 0.1) is 6.92 Å². The first-order valence-corrected chi connectivity index (χ1v) is 12.3. The summed E-state index contributed by atoms with van der Waals surface area (Å²) in [7, 11) is 0. The molecule has 0 aliphatic carbocycles. The Balaban J connectivity index is 1.42. The molecule has 1 fully saturated rings. The van der Waals surface area contributed by atoms with Crippen molar-refractivity contribution >= 4 is 11.7 Å². The Labute approximate surface area is 215 Å². The highest BCUT2D eigenvalue weighted by Crippen LogP contribution is 2.24. The first-order chi connectivity index (χ1) is 17.9. The molecule has 0 radical (unpaired) electrons. The Morgan fingerprint density at radius 2 is 1.89 bits per heavy atom. The van der Waals surface area contributed by atoms with Crippen molar-refractivity contribution in [1.82, 2.24) is 19.9 Å². The summed E-state index contributed by atoms with van der Waals surface area (Å²) in [4.78, 5) is 28.7. The van der Waals surface area contributed by atoms with Gasteiger partial charge in [-0.3, -0.25) is 19.7 Å². The number of nitrogens with two attached hydrogens (primary N) is 1. The molecule has 1 amide bonds. The summed E-state index contributed by atoms with van der Waals surface area (Å²) in [5, 5.41) is 2.92. The molecule has 5 rings (SSSR count). The van der Waals surface area contributed by atoms with Crippen LogP contribution >= 0.6 is 0 Å². The second kappa shape index (κ2) is 10.9. The Morgan fingerprint density at radius 1 is 1.05 bits per heavy atom. The van der Waals surface area contributed by atoms with Crippen LogP contribution in [0.15, 0.2) is 79.1 Å². The first-order valence-electron chi connectivity index (χ1n) is 12.3. The van der Waals surface area contributed by atoms with E-state index in [1.807, 2.05) is 67.6 Å². The van der Waals surface area contributed by atoms with Crippen molar-refractivity contribution in [1.29, 1.82) is 0 Å². The summed E-state index contributed by atoms with van der Waals surface area (Å²) in [6.07, 6.45) is 2.83. The van der Waals surface area contributed by atoms with Crippen molar-refractivity contribution in [2.45, 2.75) is 32.1 Å². The van der Waals surface area contributed by atoms with E-state index >= 15 is 0 Å². The van der Waals surface area contributed by atoms with Crippen molar-refractivity contribution in [3.8, 4) is 22.4 Å². The van der Waals surface area contributed by atoms with Gasteiger partial charge < -0.3 is 11.1 Å². The molecule has 1 aromatic carbocycles. The van der Waals surface area contributed by atoms with Crippen LogP contribution in [0.3, 0.4) is 0 Å². The van der Waals surface area contributed by atoms with Gasteiger partial charge in [0.1, 0.15) is 17.7 Å². The molecule has 4 aromatic rings. The number of amides is 1. The number of aromatic nitrogens is 3. The number of anilines is 1. The molecule has 1 aliphatic heterocycles. The van der Waals surface area contributed by atoms with Crippen molar-refractivity contribution in [3.63, 3.8) is 0 Å². The van der Waals surface area contributed by atoms with Gasteiger partial charge in [0, 0.05) is 49.3 Å². The number of carbonyl (C=O) groups is 1. The minimum absolute atomic E-state index is 0.295. The van der Waals surface area contributed by atoms with Gasteiger partial charge in [0.15, 0.2) is 0 Å². The van der Waals surface area contributed by atoms with Crippen LogP contribution in [0.4, 0.5) is 10.2 Å². The zero-order valence-electron chi connectivity index (χ0n) is 20.6. The second-order valence-electron chi connectivity index (χ2n) is 9.39. The van der Waals surface area contributed by atoms with E-state index in [0.29, 0.717) is 43.3 Å². The van der Waals surface area contributed by atoms with Crippen LogP contribution in [0.1, 0.15) is 28.2 Å². The molecule has 0 saturated carbocycles. The number of benzene rings is 1. The number of hydrogen-bond donors (Lipinski definition) is 2. The third kappa shape index (κ3) is 6.04. The van der Waals surface area contributed by atoms with Gasteiger partial charge in [0.25, 0.3) is 5.91 Å². The van der Waals surface area contributed by atoms with Crippen molar-refractivity contribution < 1.29 is 9.18 Å². The number of piperidine rings is 1. The number of rotatable bonds is 6. The fourth-order valence-corrected chi connectivity index (χ4v) is 4.48. The number of nitrogens with one attached hydrogen (secondary N) is 1. The van der Waals surface area contributed by atoms with Gasteiger partial charge in [-0.25, -0.2) is 9.37 Å². The van der Waals surface area contributed by atoms with E-state index in [1.54, 1.807) is 18.5 Å². The number of halogens is 1. The van der Waals surface area contributed by atoms with Crippen LogP contribution in [-0.4, -0.2) is 51.1 Å². The molecule has 3 aromatic heterocycles. The van der Waals surface area contributed by atoms with Crippen molar-refractivity contribution in [2.75, 3.05) is 18.4 Å². The van der Waals surface area contributed by atoms with Gasteiger partial charge in [0.2, 0.25) is 0 Å². The van der Waals surface area contributed by atoms with Gasteiger partial charge >= 0.3 is 0 Å². The number of pyridine rings is 3. The SMILES string of the molecule is Cc1ccc(-c2cc(CN3CC[C@@H](F)[C@H](N)C3)cc(NC(=O)c3cc(-c4ccccc4)ccn3)n2)cn1. The minimum Gasteiger partial charge on any atom is -0.324 e. The molecule has 1 saturated heterocycles. The summed E-state index contributed by atoms with van der Waals surface area (Å²) in [5.41, 5.74) is 11.5. The average Bonchev–Trinajstić information content (AvgIpc) is 2.91. The second-order valence-corrected chi connectivity index (χ2v) is 9.39. The Bertz CT molecular complexity index is 1380. The Hall–Kier alpha value is -4.01. The van der Waals surface area contributed by atoms with E-state index in [2.05, 4.69) is 20.2 Å². The number of aryl methyl sites for hydroxylation is 1. The molecule has 8 heteroatoms. The fraction of sp³-hybridized carbons (Fsp3) is 0.241. The van der Waals surface area contributed by atoms with Gasteiger partial charge in [-0.15, -0.1) is 0 Å². The van der Waals surface area contributed by atoms with Gasteiger partial charge in [-0.1, -0.05) is 30.3 Å². The molecule has 188 valence electrons. The van der Waals surface area contributed by atoms with Crippen LogP contribution in [0.5, 0.6) is 0 Å². The van der Waals surface area contributed by atoms with Gasteiger partial charge in [-0.05, 0) is 66.4 Å². The van der Waals surface area contributed by atoms with E-state index in [0.717, 1.165) is 27.9 Å². The molecular weight excluding hydrogens is 467 g/mol. The van der Waals surface area contributed by atoms with Crippen molar-refractivity contribution in [2.24, 2.45) is 5.73 Å². The topological polar surface area (TPSA) is 97.0 Å². The monoisotopic (exact) mass is 496 g/mol. The highest BCUT2D eigenvalue weighted by molar-refractivity contribution is 6.03. The molecule has 3 N–H and O–H groups in total. The Kier molecular flexibility index (Phi) is 7.30. The molecule has 0 spiro atoms. The lowest BCUT2D eigenvalue weighted by Crippen LogP contribution is -2.49. The van der Waals surface area contributed by atoms with E-state index in [9.17, 15) is 9.18 Å². The van der Waals surface area contributed by atoms with Crippen LogP contribution in [-0.2, 0) is 6.54 Å². The van der Waals surface area contributed by atoms with Crippen molar-refractivity contribution in [3.05, 3.63) is 96.1 Å². The first kappa shape index (κ1) is 24.7. The summed E-state index contributed by atoms with van der Waals surface area (Å²) in [6, 6.07) is 20.7. The molecule has 0 bridgehead atoms. The summed E-state index contributed by atoms with van der Waals surface area (Å²) >= 11 is 0. The third-order valence-electron chi connectivity index (χ3n) is 6.49.